The maximum atomic E-state index is 12.8. The molecule has 0 saturated heterocycles. The third-order valence-corrected chi connectivity index (χ3v) is 9.49. The van der Waals surface area contributed by atoms with Crippen molar-refractivity contribution < 1.29 is 13.2 Å². The predicted octanol–water partition coefficient (Wildman–Crippen LogP) is 7.48. The van der Waals surface area contributed by atoms with Gasteiger partial charge in [-0.1, -0.05) is 84.0 Å². The molecule has 3 aromatic rings. The van der Waals surface area contributed by atoms with Gasteiger partial charge in [-0.2, -0.15) is 0 Å². The summed E-state index contributed by atoms with van der Waals surface area (Å²) < 4.78 is 29.1. The number of anilines is 1. The van der Waals surface area contributed by atoms with Crippen LogP contribution in [0.1, 0.15) is 71.1 Å². The van der Waals surface area contributed by atoms with Crippen molar-refractivity contribution >= 4 is 33.0 Å². The Morgan fingerprint density at radius 3 is 2.08 bits per heavy atom. The highest BCUT2D eigenvalue weighted by Gasteiger charge is 2.41. The van der Waals surface area contributed by atoms with Crippen molar-refractivity contribution in [3.8, 4) is 0 Å². The van der Waals surface area contributed by atoms with E-state index in [1.165, 1.54) is 22.5 Å². The summed E-state index contributed by atoms with van der Waals surface area (Å²) in [7, 11) is -3.49. The van der Waals surface area contributed by atoms with Crippen molar-refractivity contribution in [2.24, 2.45) is 11.8 Å². The highest BCUT2D eigenvalue weighted by molar-refractivity contribution is 7.91. The number of hydrogen-bond acceptors (Lipinski definition) is 4. The Labute approximate surface area is 234 Å². The van der Waals surface area contributed by atoms with E-state index in [1.54, 1.807) is 17.5 Å². The molecule has 0 spiro atoms. The number of hydrogen-bond donors (Lipinski definition) is 2. The summed E-state index contributed by atoms with van der Waals surface area (Å²) in [5.41, 5.74) is 4.27. The first-order valence-corrected chi connectivity index (χ1v) is 16.4. The number of carbonyl (C=O) groups is 1. The van der Waals surface area contributed by atoms with E-state index in [0.717, 1.165) is 36.9 Å². The Kier molecular flexibility index (Phi) is 13.2. The Balaban J connectivity index is 0.000000791. The Morgan fingerprint density at radius 1 is 0.842 bits per heavy atom. The van der Waals surface area contributed by atoms with Crippen LogP contribution in [0.15, 0.2) is 70.3 Å². The van der Waals surface area contributed by atoms with Gasteiger partial charge in [0.25, 0.3) is 0 Å². The fraction of sp³-hybridized carbons (Fsp3) is 0.452. The summed E-state index contributed by atoms with van der Waals surface area (Å²) >= 11 is 1.25. The molecule has 1 fully saturated rings. The van der Waals surface area contributed by atoms with Gasteiger partial charge in [0.05, 0.1) is 6.42 Å². The number of fused-ring (bicyclic) bond motifs is 3. The maximum Gasteiger partial charge on any atom is 0.250 e. The SMILES string of the molecule is CC.CC.CC.O=C(Cc1ccccc1)Nc1ccc2c(c1)C[C@H]1CC[C@@H](C2)[C@H]1NS(=O)(=O)c1cccs1. The highest BCUT2D eigenvalue weighted by atomic mass is 32.2. The maximum absolute atomic E-state index is 12.8. The lowest BCUT2D eigenvalue weighted by molar-refractivity contribution is -0.115. The van der Waals surface area contributed by atoms with Crippen molar-refractivity contribution in [2.75, 3.05) is 5.32 Å². The van der Waals surface area contributed by atoms with Gasteiger partial charge in [0.15, 0.2) is 0 Å². The summed E-state index contributed by atoms with van der Waals surface area (Å²) in [6.45, 7) is 12.0. The second-order valence-corrected chi connectivity index (χ2v) is 11.7. The number of thiophene rings is 1. The summed E-state index contributed by atoms with van der Waals surface area (Å²) in [4.78, 5) is 12.5. The average molecular weight is 557 g/mol. The largest absolute Gasteiger partial charge is 0.326 e. The summed E-state index contributed by atoms with van der Waals surface area (Å²) in [5.74, 6) is 0.536. The molecule has 2 aromatic carbocycles. The Bertz CT molecular complexity index is 1210. The average Bonchev–Trinajstić information content (AvgIpc) is 3.58. The van der Waals surface area contributed by atoms with E-state index >= 15 is 0 Å². The number of rotatable bonds is 6. The standard InChI is InChI=1S/C25H26N2O3S2.3C2H6/c28-23(13-17-5-2-1-3-6-17)26-22-11-10-18-14-19-8-9-20(15-21(18)16-22)25(19)27-32(29,30)24-7-4-12-31-24;3*1-2/h1-7,10-12,16,19-20,25,27H,8-9,13-15H2,(H,26,28);3*1-2H3/t19-,20+,25+;;;/m0.../s1. The molecule has 2 aliphatic carbocycles. The van der Waals surface area contributed by atoms with Crippen LogP contribution in [0.2, 0.25) is 0 Å². The smallest absolute Gasteiger partial charge is 0.250 e. The fourth-order valence-corrected chi connectivity index (χ4v) is 7.50. The molecular formula is C31H44N2O3S2. The normalized spacial score (nSPS) is 19.2. The first-order chi connectivity index (χ1) is 18.5. The number of sulfonamides is 1. The number of nitrogens with one attached hydrogen (secondary N) is 2. The molecule has 2 N–H and O–H groups in total. The van der Waals surface area contributed by atoms with Gasteiger partial charge in [-0.3, -0.25) is 4.79 Å². The van der Waals surface area contributed by atoms with Gasteiger partial charge in [-0.25, -0.2) is 13.1 Å². The van der Waals surface area contributed by atoms with Crippen LogP contribution in [0, 0.1) is 11.8 Å². The molecule has 0 unspecified atom stereocenters. The predicted molar refractivity (Wildman–Crippen MR) is 161 cm³/mol. The molecule has 2 aliphatic rings. The molecular weight excluding hydrogens is 512 g/mol. The van der Waals surface area contributed by atoms with Crippen LogP contribution in [0.5, 0.6) is 0 Å². The van der Waals surface area contributed by atoms with Crippen LogP contribution >= 0.6 is 11.3 Å². The topological polar surface area (TPSA) is 75.3 Å². The number of amides is 1. The summed E-state index contributed by atoms with van der Waals surface area (Å²) in [6, 6.07) is 19.2. The van der Waals surface area contributed by atoms with Crippen LogP contribution in [-0.4, -0.2) is 20.4 Å². The van der Waals surface area contributed by atoms with Crippen molar-refractivity contribution in [2.45, 2.75) is 83.9 Å². The van der Waals surface area contributed by atoms with Gasteiger partial charge >= 0.3 is 0 Å². The van der Waals surface area contributed by atoms with E-state index in [1.807, 2.05) is 77.9 Å². The first-order valence-electron chi connectivity index (χ1n) is 14.0. The summed E-state index contributed by atoms with van der Waals surface area (Å²) in [5, 5.41) is 4.82. The van der Waals surface area contributed by atoms with Gasteiger partial charge in [0.2, 0.25) is 15.9 Å². The van der Waals surface area contributed by atoms with Crippen molar-refractivity contribution in [1.82, 2.24) is 4.72 Å². The Morgan fingerprint density at radius 2 is 1.47 bits per heavy atom. The van der Waals surface area contributed by atoms with Crippen LogP contribution in [0.25, 0.3) is 0 Å². The van der Waals surface area contributed by atoms with Crippen molar-refractivity contribution in [1.29, 1.82) is 0 Å². The zero-order chi connectivity index (χ0) is 28.1. The first kappa shape index (κ1) is 31.7. The molecule has 1 saturated carbocycles. The molecule has 1 heterocycles. The fourth-order valence-electron chi connectivity index (χ4n) is 5.12. The molecule has 0 aliphatic heterocycles. The third kappa shape index (κ3) is 8.26. The zero-order valence-corrected chi connectivity index (χ0v) is 25.3. The molecule has 2 bridgehead atoms. The molecule has 1 amide bonds. The molecule has 0 radical (unpaired) electrons. The van der Waals surface area contributed by atoms with Crippen molar-refractivity contribution in [3.63, 3.8) is 0 Å². The quantitative estimate of drug-likeness (QED) is 0.330. The number of carbonyl (C=O) groups excluding carboxylic acids is 1. The van der Waals surface area contributed by atoms with Gasteiger partial charge < -0.3 is 5.32 Å². The van der Waals surface area contributed by atoms with E-state index in [0.29, 0.717) is 16.5 Å². The minimum atomic E-state index is -3.49. The monoisotopic (exact) mass is 556 g/mol. The molecule has 5 nitrogen and oxygen atoms in total. The van der Waals surface area contributed by atoms with E-state index in [2.05, 4.69) is 22.2 Å². The minimum absolute atomic E-state index is 0.0344. The van der Waals surface area contributed by atoms with E-state index < -0.39 is 10.0 Å². The van der Waals surface area contributed by atoms with E-state index in [-0.39, 0.29) is 17.9 Å². The van der Waals surface area contributed by atoms with Crippen molar-refractivity contribution in [3.05, 3.63) is 82.7 Å². The van der Waals surface area contributed by atoms with Crippen LogP contribution < -0.4 is 10.0 Å². The number of benzene rings is 2. The molecule has 3 atom stereocenters. The van der Waals surface area contributed by atoms with E-state index in [4.69, 9.17) is 0 Å². The molecule has 208 valence electrons. The minimum Gasteiger partial charge on any atom is -0.326 e. The second kappa shape index (κ2) is 15.8. The molecule has 7 heteroatoms. The van der Waals surface area contributed by atoms with E-state index in [9.17, 15) is 13.2 Å². The van der Waals surface area contributed by atoms with Gasteiger partial charge in [-0.05, 0) is 77.8 Å². The Hall–Kier alpha value is -2.48. The van der Waals surface area contributed by atoms with Crippen LogP contribution in [0.3, 0.4) is 0 Å². The molecule has 38 heavy (non-hydrogen) atoms. The molecule has 5 rings (SSSR count). The van der Waals surface area contributed by atoms with Gasteiger partial charge in [-0.15, -0.1) is 11.3 Å². The second-order valence-electron chi connectivity index (χ2n) is 8.78. The lowest BCUT2D eigenvalue weighted by Gasteiger charge is -2.23. The lowest BCUT2D eigenvalue weighted by atomic mass is 9.93. The zero-order valence-electron chi connectivity index (χ0n) is 23.7. The van der Waals surface area contributed by atoms with Crippen LogP contribution in [-0.2, 0) is 34.1 Å². The van der Waals surface area contributed by atoms with Gasteiger partial charge in [0.1, 0.15) is 4.21 Å². The molecule has 1 aromatic heterocycles. The third-order valence-electron chi connectivity index (χ3n) is 6.64. The highest BCUT2D eigenvalue weighted by Crippen LogP contribution is 2.41. The summed E-state index contributed by atoms with van der Waals surface area (Å²) in [6.07, 6.45) is 4.09. The lowest BCUT2D eigenvalue weighted by Crippen LogP contribution is -2.41. The van der Waals surface area contributed by atoms with Crippen LogP contribution in [0.4, 0.5) is 5.69 Å². The van der Waals surface area contributed by atoms with Gasteiger partial charge in [0, 0.05) is 11.7 Å².